The number of hydrogen-bond acceptors (Lipinski definition) is 3. The van der Waals surface area contributed by atoms with Gasteiger partial charge in [-0.2, -0.15) is 0 Å². The number of aryl methyl sites for hydroxylation is 1. The molecule has 0 bridgehead atoms. The predicted molar refractivity (Wildman–Crippen MR) is 80.2 cm³/mol. The molecule has 0 fully saturated rings. The van der Waals surface area contributed by atoms with Gasteiger partial charge in [0.25, 0.3) is 0 Å². The van der Waals surface area contributed by atoms with Crippen molar-refractivity contribution in [2.24, 2.45) is 0 Å². The Kier molecular flexibility index (Phi) is 6.03. The highest BCUT2D eigenvalue weighted by Crippen LogP contribution is 2.21. The van der Waals surface area contributed by atoms with Gasteiger partial charge in [-0.3, -0.25) is 9.59 Å². The average Bonchev–Trinajstić information content (AvgIpc) is 2.40. The number of rotatable bonds is 5. The van der Waals surface area contributed by atoms with E-state index >= 15 is 0 Å². The molecule has 0 aliphatic rings. The van der Waals surface area contributed by atoms with Gasteiger partial charge < -0.3 is 4.74 Å². The van der Waals surface area contributed by atoms with Gasteiger partial charge in [0.1, 0.15) is 5.82 Å². The first-order valence-electron chi connectivity index (χ1n) is 6.56. The molecule has 0 amide bonds. The van der Waals surface area contributed by atoms with E-state index in [-0.39, 0.29) is 18.0 Å². The summed E-state index contributed by atoms with van der Waals surface area (Å²) < 4.78 is 18.0. The largest absolute Gasteiger partial charge is 0.469 e. The van der Waals surface area contributed by atoms with E-state index in [9.17, 15) is 14.0 Å². The highest BCUT2D eigenvalue weighted by Gasteiger charge is 2.11. The van der Waals surface area contributed by atoms with Crippen LogP contribution >= 0.6 is 0 Å². The lowest BCUT2D eigenvalue weighted by molar-refractivity contribution is -0.139. The molecule has 1 aromatic rings. The fourth-order valence-electron chi connectivity index (χ4n) is 1.81. The number of methoxy groups -OCH3 is 1. The Labute approximate surface area is 124 Å². The Hall–Kier alpha value is -2.23. The number of hydrogen-bond donors (Lipinski definition) is 0. The molecule has 112 valence electrons. The quantitative estimate of drug-likeness (QED) is 0.614. The van der Waals surface area contributed by atoms with Crippen molar-refractivity contribution < 1.29 is 18.7 Å². The Morgan fingerprint density at radius 1 is 1.24 bits per heavy atom. The second-order valence-corrected chi connectivity index (χ2v) is 5.01. The molecule has 1 aromatic carbocycles. The molecular weight excluding hydrogens is 271 g/mol. The van der Waals surface area contributed by atoms with Crippen molar-refractivity contribution in [1.29, 1.82) is 0 Å². The molecule has 0 saturated carbocycles. The van der Waals surface area contributed by atoms with Crippen LogP contribution in [0.25, 0.3) is 5.57 Å². The van der Waals surface area contributed by atoms with Crippen LogP contribution in [0.15, 0.2) is 35.9 Å². The zero-order valence-electron chi connectivity index (χ0n) is 12.7. The zero-order chi connectivity index (χ0) is 16.0. The van der Waals surface area contributed by atoms with Crippen LogP contribution < -0.4 is 0 Å². The number of carbonyl (C=O) groups is 2. The normalized spacial score (nSPS) is 11.0. The monoisotopic (exact) mass is 290 g/mol. The van der Waals surface area contributed by atoms with Crippen LogP contribution in [-0.4, -0.2) is 18.9 Å². The zero-order valence-corrected chi connectivity index (χ0v) is 12.7. The summed E-state index contributed by atoms with van der Waals surface area (Å²) in [6.45, 7) is 5.26. The van der Waals surface area contributed by atoms with E-state index in [0.29, 0.717) is 16.7 Å². The van der Waals surface area contributed by atoms with Crippen LogP contribution in [0.1, 0.15) is 31.4 Å². The summed E-state index contributed by atoms with van der Waals surface area (Å²) in [5, 5.41) is 0. The molecule has 21 heavy (non-hydrogen) atoms. The number of ether oxygens (including phenoxy) is 1. The molecule has 4 heteroatoms. The van der Waals surface area contributed by atoms with Crippen molar-refractivity contribution >= 4 is 17.3 Å². The fraction of sp³-hybridized carbons (Fsp3) is 0.294. The van der Waals surface area contributed by atoms with Crippen LogP contribution in [0.2, 0.25) is 0 Å². The number of esters is 1. The van der Waals surface area contributed by atoms with Gasteiger partial charge in [0, 0.05) is 0 Å². The summed E-state index contributed by atoms with van der Waals surface area (Å²) >= 11 is 0. The van der Waals surface area contributed by atoms with Crippen molar-refractivity contribution in [1.82, 2.24) is 0 Å². The van der Waals surface area contributed by atoms with Crippen LogP contribution in [0, 0.1) is 12.7 Å². The lowest BCUT2D eigenvalue weighted by atomic mass is 9.99. The van der Waals surface area contributed by atoms with Crippen molar-refractivity contribution in [2.75, 3.05) is 7.11 Å². The highest BCUT2D eigenvalue weighted by molar-refractivity contribution is 6.06. The maximum atomic E-state index is 13.3. The molecule has 0 aliphatic carbocycles. The summed E-state index contributed by atoms with van der Waals surface area (Å²) in [4.78, 5) is 23.4. The second kappa shape index (κ2) is 7.53. The number of carbonyl (C=O) groups excluding carboxylic acids is 2. The standard InChI is InChI=1S/C17H19FO3/c1-11(2)7-15(19)9-14(10-17(20)21-4)13-5-6-16(18)12(3)8-13/h5-9H,10H2,1-4H3/b14-9+. The van der Waals surface area contributed by atoms with Gasteiger partial charge in [-0.15, -0.1) is 0 Å². The number of ketones is 1. The lowest BCUT2D eigenvalue weighted by Gasteiger charge is -2.08. The van der Waals surface area contributed by atoms with Crippen LogP contribution in [0.3, 0.4) is 0 Å². The summed E-state index contributed by atoms with van der Waals surface area (Å²) in [6.07, 6.45) is 2.83. The number of halogens is 1. The molecule has 0 spiro atoms. The molecule has 0 radical (unpaired) electrons. The van der Waals surface area contributed by atoms with E-state index in [1.165, 1.54) is 25.3 Å². The number of allylic oxidation sites excluding steroid dienone is 3. The third-order valence-corrected chi connectivity index (χ3v) is 2.84. The molecule has 0 heterocycles. The average molecular weight is 290 g/mol. The Balaban J connectivity index is 3.21. The molecule has 0 aliphatic heterocycles. The first kappa shape index (κ1) is 16.8. The molecular formula is C17H19FO3. The molecule has 1 rings (SSSR count). The van der Waals surface area contributed by atoms with Crippen LogP contribution in [-0.2, 0) is 14.3 Å². The van der Waals surface area contributed by atoms with Crippen LogP contribution in [0.5, 0.6) is 0 Å². The first-order valence-corrected chi connectivity index (χ1v) is 6.56. The van der Waals surface area contributed by atoms with Crippen molar-refractivity contribution in [2.45, 2.75) is 27.2 Å². The maximum absolute atomic E-state index is 13.3. The van der Waals surface area contributed by atoms with Crippen molar-refractivity contribution in [3.63, 3.8) is 0 Å². The van der Waals surface area contributed by atoms with E-state index < -0.39 is 5.97 Å². The van der Waals surface area contributed by atoms with E-state index in [1.807, 2.05) is 13.8 Å². The van der Waals surface area contributed by atoms with Gasteiger partial charge in [-0.25, -0.2) is 4.39 Å². The summed E-state index contributed by atoms with van der Waals surface area (Å²) in [5.74, 6) is -0.990. The smallest absolute Gasteiger partial charge is 0.310 e. The molecule has 0 N–H and O–H groups in total. The van der Waals surface area contributed by atoms with Gasteiger partial charge in [0.05, 0.1) is 13.5 Å². The minimum Gasteiger partial charge on any atom is -0.469 e. The van der Waals surface area contributed by atoms with Gasteiger partial charge in [0.15, 0.2) is 5.78 Å². The van der Waals surface area contributed by atoms with Crippen molar-refractivity contribution in [3.05, 3.63) is 52.9 Å². The third kappa shape index (κ3) is 5.34. The topological polar surface area (TPSA) is 43.4 Å². The second-order valence-electron chi connectivity index (χ2n) is 5.01. The van der Waals surface area contributed by atoms with Gasteiger partial charge in [0.2, 0.25) is 0 Å². The Morgan fingerprint density at radius 2 is 1.90 bits per heavy atom. The van der Waals surface area contributed by atoms with Gasteiger partial charge in [-0.05, 0) is 61.8 Å². The molecule has 0 atom stereocenters. The minimum atomic E-state index is -0.451. The van der Waals surface area contributed by atoms with Crippen LogP contribution in [0.4, 0.5) is 4.39 Å². The maximum Gasteiger partial charge on any atom is 0.310 e. The molecule has 0 unspecified atom stereocenters. The van der Waals surface area contributed by atoms with E-state index in [0.717, 1.165) is 5.57 Å². The highest BCUT2D eigenvalue weighted by atomic mass is 19.1. The molecule has 3 nitrogen and oxygen atoms in total. The predicted octanol–water partition coefficient (Wildman–Crippen LogP) is 3.62. The summed E-state index contributed by atoms with van der Waals surface area (Å²) in [6, 6.07) is 4.48. The lowest BCUT2D eigenvalue weighted by Crippen LogP contribution is -2.03. The first-order chi connectivity index (χ1) is 9.83. The van der Waals surface area contributed by atoms with E-state index in [1.54, 1.807) is 19.1 Å². The van der Waals surface area contributed by atoms with Gasteiger partial charge in [-0.1, -0.05) is 11.6 Å². The molecule has 0 aromatic heterocycles. The Bertz CT molecular complexity index is 608. The SMILES string of the molecule is COC(=O)C/C(=C\C(=O)C=C(C)C)c1ccc(F)c(C)c1. The summed E-state index contributed by atoms with van der Waals surface area (Å²) in [7, 11) is 1.29. The van der Waals surface area contributed by atoms with Gasteiger partial charge >= 0.3 is 5.97 Å². The molecule has 0 saturated heterocycles. The fourth-order valence-corrected chi connectivity index (χ4v) is 1.81. The van der Waals surface area contributed by atoms with E-state index in [2.05, 4.69) is 4.74 Å². The number of benzene rings is 1. The Morgan fingerprint density at radius 3 is 2.43 bits per heavy atom. The minimum absolute atomic E-state index is 0.0378. The third-order valence-electron chi connectivity index (χ3n) is 2.84. The summed E-state index contributed by atoms with van der Waals surface area (Å²) in [5.41, 5.74) is 2.46. The van der Waals surface area contributed by atoms with Crippen molar-refractivity contribution in [3.8, 4) is 0 Å². The van der Waals surface area contributed by atoms with E-state index in [4.69, 9.17) is 0 Å².